The monoisotopic (exact) mass is 239 g/mol. The molecule has 0 aromatic heterocycles. The standard InChI is InChI=1S/C14H22ClN/c1-10(2)14(16-4)11(3)9-12-5-7-13(15)8-6-12/h5-8,10-11,14,16H,9H2,1-4H3. The predicted octanol–water partition coefficient (Wildman–Crippen LogP) is 3.76. The largest absolute Gasteiger partial charge is 0.316 e. The number of rotatable bonds is 5. The molecule has 1 rings (SSSR count). The van der Waals surface area contributed by atoms with Crippen LogP contribution < -0.4 is 5.32 Å². The molecule has 0 fully saturated rings. The van der Waals surface area contributed by atoms with Gasteiger partial charge in [0.15, 0.2) is 0 Å². The molecule has 0 amide bonds. The first-order valence-corrected chi connectivity index (χ1v) is 6.34. The quantitative estimate of drug-likeness (QED) is 0.825. The van der Waals surface area contributed by atoms with E-state index in [9.17, 15) is 0 Å². The normalized spacial score (nSPS) is 15.1. The van der Waals surface area contributed by atoms with Crippen LogP contribution >= 0.6 is 11.6 Å². The molecule has 2 atom stereocenters. The molecular formula is C14H22ClN. The summed E-state index contributed by atoms with van der Waals surface area (Å²) in [5.74, 6) is 1.29. The summed E-state index contributed by atoms with van der Waals surface area (Å²) in [6.45, 7) is 6.83. The second kappa shape index (κ2) is 6.27. The van der Waals surface area contributed by atoms with Crippen LogP contribution in [0.3, 0.4) is 0 Å². The summed E-state index contributed by atoms with van der Waals surface area (Å²) < 4.78 is 0. The van der Waals surface area contributed by atoms with Gasteiger partial charge in [-0.3, -0.25) is 0 Å². The first-order valence-electron chi connectivity index (χ1n) is 5.96. The van der Waals surface area contributed by atoms with Gasteiger partial charge in [0.25, 0.3) is 0 Å². The second-order valence-electron chi connectivity index (χ2n) is 4.87. The third-order valence-corrected chi connectivity index (χ3v) is 3.39. The molecule has 16 heavy (non-hydrogen) atoms. The van der Waals surface area contributed by atoms with Crippen LogP contribution in [0.25, 0.3) is 0 Å². The zero-order chi connectivity index (χ0) is 12.1. The first kappa shape index (κ1) is 13.5. The summed E-state index contributed by atoms with van der Waals surface area (Å²) in [5.41, 5.74) is 1.36. The lowest BCUT2D eigenvalue weighted by Crippen LogP contribution is -2.37. The summed E-state index contributed by atoms with van der Waals surface area (Å²) in [4.78, 5) is 0. The minimum absolute atomic E-state index is 0.565. The number of nitrogens with one attached hydrogen (secondary N) is 1. The third-order valence-electron chi connectivity index (χ3n) is 3.14. The number of halogens is 1. The Morgan fingerprint density at radius 3 is 2.12 bits per heavy atom. The molecule has 2 unspecified atom stereocenters. The van der Waals surface area contributed by atoms with Crippen molar-refractivity contribution >= 4 is 11.6 Å². The van der Waals surface area contributed by atoms with Gasteiger partial charge in [-0.05, 0) is 43.0 Å². The summed E-state index contributed by atoms with van der Waals surface area (Å²) >= 11 is 5.88. The van der Waals surface area contributed by atoms with Gasteiger partial charge in [-0.1, -0.05) is 44.5 Å². The first-order chi connectivity index (χ1) is 7.54. The Labute approximate surface area is 104 Å². The number of benzene rings is 1. The molecule has 0 bridgehead atoms. The van der Waals surface area contributed by atoms with Crippen LogP contribution in [0, 0.1) is 11.8 Å². The maximum Gasteiger partial charge on any atom is 0.0406 e. The lowest BCUT2D eigenvalue weighted by atomic mass is 9.87. The second-order valence-corrected chi connectivity index (χ2v) is 5.30. The summed E-state index contributed by atoms with van der Waals surface area (Å²) in [5, 5.41) is 4.22. The maximum atomic E-state index is 5.88. The van der Waals surface area contributed by atoms with Crippen molar-refractivity contribution in [3.63, 3.8) is 0 Å². The third kappa shape index (κ3) is 3.80. The molecule has 0 saturated carbocycles. The highest BCUT2D eigenvalue weighted by Gasteiger charge is 2.18. The lowest BCUT2D eigenvalue weighted by Gasteiger charge is -2.27. The molecule has 1 nitrogen and oxygen atoms in total. The van der Waals surface area contributed by atoms with Gasteiger partial charge in [0.05, 0.1) is 0 Å². The van der Waals surface area contributed by atoms with Crippen molar-refractivity contribution in [1.29, 1.82) is 0 Å². The molecular weight excluding hydrogens is 218 g/mol. The maximum absolute atomic E-state index is 5.88. The minimum Gasteiger partial charge on any atom is -0.316 e. The molecule has 0 saturated heterocycles. The Morgan fingerprint density at radius 2 is 1.69 bits per heavy atom. The van der Waals surface area contributed by atoms with Crippen molar-refractivity contribution < 1.29 is 0 Å². The van der Waals surface area contributed by atoms with Gasteiger partial charge < -0.3 is 5.32 Å². The average molecular weight is 240 g/mol. The molecule has 90 valence electrons. The highest BCUT2D eigenvalue weighted by Crippen LogP contribution is 2.18. The van der Waals surface area contributed by atoms with Crippen molar-refractivity contribution in [3.8, 4) is 0 Å². The Kier molecular flexibility index (Phi) is 5.30. The van der Waals surface area contributed by atoms with Crippen LogP contribution in [-0.2, 0) is 6.42 Å². The SMILES string of the molecule is CNC(C(C)C)C(C)Cc1ccc(Cl)cc1. The van der Waals surface area contributed by atoms with Gasteiger partial charge in [-0.15, -0.1) is 0 Å². The van der Waals surface area contributed by atoms with E-state index in [0.29, 0.717) is 17.9 Å². The Hall–Kier alpha value is -0.530. The van der Waals surface area contributed by atoms with Crippen LogP contribution in [0.1, 0.15) is 26.3 Å². The zero-order valence-electron chi connectivity index (χ0n) is 10.6. The topological polar surface area (TPSA) is 12.0 Å². The van der Waals surface area contributed by atoms with Crippen molar-refractivity contribution in [2.45, 2.75) is 33.2 Å². The van der Waals surface area contributed by atoms with Crippen LogP contribution in [0.5, 0.6) is 0 Å². The molecule has 0 heterocycles. The fourth-order valence-electron chi connectivity index (χ4n) is 2.39. The summed E-state index contributed by atoms with van der Waals surface area (Å²) in [7, 11) is 2.04. The molecule has 1 aromatic rings. The van der Waals surface area contributed by atoms with E-state index in [1.807, 2.05) is 19.2 Å². The molecule has 0 radical (unpaired) electrons. The highest BCUT2D eigenvalue weighted by molar-refractivity contribution is 6.30. The molecule has 1 N–H and O–H groups in total. The fourth-order valence-corrected chi connectivity index (χ4v) is 2.52. The van der Waals surface area contributed by atoms with E-state index in [4.69, 9.17) is 11.6 Å². The Bertz CT molecular complexity index is 305. The highest BCUT2D eigenvalue weighted by atomic mass is 35.5. The zero-order valence-corrected chi connectivity index (χ0v) is 11.4. The van der Waals surface area contributed by atoms with Crippen LogP contribution in [0.15, 0.2) is 24.3 Å². The van der Waals surface area contributed by atoms with Gasteiger partial charge in [-0.2, -0.15) is 0 Å². The number of hydrogen-bond donors (Lipinski definition) is 1. The van der Waals surface area contributed by atoms with Crippen LogP contribution in [0.4, 0.5) is 0 Å². The van der Waals surface area contributed by atoms with Gasteiger partial charge >= 0.3 is 0 Å². The van der Waals surface area contributed by atoms with Gasteiger partial charge in [0.2, 0.25) is 0 Å². The number of hydrogen-bond acceptors (Lipinski definition) is 1. The van der Waals surface area contributed by atoms with Crippen molar-refractivity contribution in [1.82, 2.24) is 5.32 Å². The summed E-state index contributed by atoms with van der Waals surface area (Å²) in [6, 6.07) is 8.73. The fraction of sp³-hybridized carbons (Fsp3) is 0.571. The average Bonchev–Trinajstić information content (AvgIpc) is 2.22. The van der Waals surface area contributed by atoms with Crippen LogP contribution in [-0.4, -0.2) is 13.1 Å². The van der Waals surface area contributed by atoms with E-state index in [2.05, 4.69) is 38.2 Å². The van der Waals surface area contributed by atoms with Crippen molar-refractivity contribution in [3.05, 3.63) is 34.9 Å². The van der Waals surface area contributed by atoms with Gasteiger partial charge in [0.1, 0.15) is 0 Å². The molecule has 0 aliphatic heterocycles. The van der Waals surface area contributed by atoms with Crippen molar-refractivity contribution in [2.24, 2.45) is 11.8 Å². The summed E-state index contributed by atoms with van der Waals surface area (Å²) in [6.07, 6.45) is 1.10. The van der Waals surface area contributed by atoms with E-state index in [1.54, 1.807) is 0 Å². The predicted molar refractivity (Wildman–Crippen MR) is 72.0 cm³/mol. The van der Waals surface area contributed by atoms with E-state index in [1.165, 1.54) is 5.56 Å². The molecule has 0 aliphatic rings. The van der Waals surface area contributed by atoms with E-state index < -0.39 is 0 Å². The Morgan fingerprint density at radius 1 is 1.12 bits per heavy atom. The van der Waals surface area contributed by atoms with Crippen molar-refractivity contribution in [2.75, 3.05) is 7.05 Å². The van der Waals surface area contributed by atoms with E-state index in [0.717, 1.165) is 11.4 Å². The lowest BCUT2D eigenvalue weighted by molar-refractivity contribution is 0.314. The molecule has 2 heteroatoms. The van der Waals surface area contributed by atoms with Crippen LogP contribution in [0.2, 0.25) is 5.02 Å². The molecule has 1 aromatic carbocycles. The van der Waals surface area contributed by atoms with E-state index in [-0.39, 0.29) is 0 Å². The minimum atomic E-state index is 0.565. The van der Waals surface area contributed by atoms with Gasteiger partial charge in [0, 0.05) is 11.1 Å². The smallest absolute Gasteiger partial charge is 0.0406 e. The van der Waals surface area contributed by atoms with Gasteiger partial charge in [-0.25, -0.2) is 0 Å². The molecule has 0 spiro atoms. The van der Waals surface area contributed by atoms with E-state index >= 15 is 0 Å². The Balaban J connectivity index is 2.62. The molecule has 0 aliphatic carbocycles.